The Labute approximate surface area is 114 Å². The van der Waals surface area contributed by atoms with Crippen molar-refractivity contribution in [1.82, 2.24) is 5.32 Å². The molecule has 1 aromatic carbocycles. The summed E-state index contributed by atoms with van der Waals surface area (Å²) in [5.41, 5.74) is 1.29. The number of benzene rings is 1. The van der Waals surface area contributed by atoms with Crippen molar-refractivity contribution < 1.29 is 4.39 Å². The minimum Gasteiger partial charge on any atom is -0.307 e. The van der Waals surface area contributed by atoms with Crippen molar-refractivity contribution in [2.75, 3.05) is 0 Å². The maximum atomic E-state index is 13.4. The van der Waals surface area contributed by atoms with E-state index in [0.717, 1.165) is 5.56 Å². The van der Waals surface area contributed by atoms with Gasteiger partial charge in [0, 0.05) is 12.1 Å². The lowest BCUT2D eigenvalue weighted by molar-refractivity contribution is 0.266. The van der Waals surface area contributed by atoms with Gasteiger partial charge < -0.3 is 5.32 Å². The topological polar surface area (TPSA) is 12.0 Å². The lowest BCUT2D eigenvalue weighted by atomic mass is 9.86. The summed E-state index contributed by atoms with van der Waals surface area (Å²) in [6.45, 7) is 6.68. The highest BCUT2D eigenvalue weighted by atomic mass is 35.5. The Morgan fingerprint density at radius 1 is 1.44 bits per heavy atom. The lowest BCUT2D eigenvalue weighted by Gasteiger charge is -2.31. The molecule has 3 heteroatoms. The minimum atomic E-state index is -0.339. The summed E-state index contributed by atoms with van der Waals surface area (Å²) in [6.07, 6.45) is 3.73. The molecule has 0 saturated heterocycles. The molecular formula is C15H21ClFN. The highest BCUT2D eigenvalue weighted by molar-refractivity contribution is 6.30. The molecular weight excluding hydrogens is 249 g/mol. The van der Waals surface area contributed by atoms with Gasteiger partial charge in [-0.25, -0.2) is 4.39 Å². The molecule has 18 heavy (non-hydrogen) atoms. The molecule has 0 heterocycles. The average molecular weight is 270 g/mol. The molecule has 1 nitrogen and oxygen atoms in total. The second-order valence-electron chi connectivity index (χ2n) is 6.00. The van der Waals surface area contributed by atoms with Crippen LogP contribution < -0.4 is 5.32 Å². The summed E-state index contributed by atoms with van der Waals surface area (Å²) in [7, 11) is 0. The molecule has 0 aromatic heterocycles. The zero-order valence-electron chi connectivity index (χ0n) is 11.3. The van der Waals surface area contributed by atoms with Gasteiger partial charge in [0.15, 0.2) is 0 Å². The van der Waals surface area contributed by atoms with Gasteiger partial charge in [-0.2, -0.15) is 0 Å². The van der Waals surface area contributed by atoms with Crippen LogP contribution in [0.15, 0.2) is 18.2 Å². The molecule has 1 N–H and O–H groups in total. The van der Waals surface area contributed by atoms with Crippen molar-refractivity contribution in [1.29, 1.82) is 0 Å². The van der Waals surface area contributed by atoms with Gasteiger partial charge in [-0.1, -0.05) is 37.9 Å². The van der Waals surface area contributed by atoms with Crippen LogP contribution >= 0.6 is 11.6 Å². The molecule has 0 spiro atoms. The van der Waals surface area contributed by atoms with Gasteiger partial charge in [0.2, 0.25) is 0 Å². The van der Waals surface area contributed by atoms with Gasteiger partial charge in [0.1, 0.15) is 5.82 Å². The molecule has 0 aliphatic heterocycles. The Morgan fingerprint density at radius 3 is 2.72 bits per heavy atom. The predicted octanol–water partition coefficient (Wildman–Crippen LogP) is 4.71. The third-order valence-electron chi connectivity index (χ3n) is 4.15. The van der Waals surface area contributed by atoms with E-state index in [1.165, 1.54) is 25.3 Å². The zero-order chi connectivity index (χ0) is 13.3. The van der Waals surface area contributed by atoms with Crippen LogP contribution in [0.25, 0.3) is 0 Å². The first kappa shape index (κ1) is 13.8. The molecule has 2 atom stereocenters. The molecule has 1 aliphatic carbocycles. The van der Waals surface area contributed by atoms with E-state index in [4.69, 9.17) is 11.6 Å². The molecule has 0 amide bonds. The van der Waals surface area contributed by atoms with Gasteiger partial charge in [-0.15, -0.1) is 0 Å². The van der Waals surface area contributed by atoms with E-state index >= 15 is 0 Å². The number of rotatable bonds is 3. The van der Waals surface area contributed by atoms with Crippen molar-refractivity contribution >= 4 is 11.6 Å². The van der Waals surface area contributed by atoms with E-state index in [1.54, 1.807) is 6.07 Å². The number of hydrogen-bond donors (Lipinski definition) is 1. The highest BCUT2D eigenvalue weighted by Crippen LogP contribution is 2.38. The smallest absolute Gasteiger partial charge is 0.142 e. The fourth-order valence-electron chi connectivity index (χ4n) is 2.82. The van der Waals surface area contributed by atoms with Crippen LogP contribution in [0, 0.1) is 11.2 Å². The standard InChI is InChI=1S/C15H21ClFN/c1-10(11-6-7-12(16)13(17)9-11)18-14-5-4-8-15(14,2)3/h6-7,9-10,14,18H,4-5,8H2,1-3H3. The summed E-state index contributed by atoms with van der Waals surface area (Å²) < 4.78 is 13.4. The van der Waals surface area contributed by atoms with E-state index in [-0.39, 0.29) is 16.9 Å². The van der Waals surface area contributed by atoms with Crippen LogP contribution in [0.2, 0.25) is 5.02 Å². The SMILES string of the molecule is CC(NC1CCCC1(C)C)c1ccc(Cl)c(F)c1. The molecule has 1 saturated carbocycles. The molecule has 100 valence electrons. The summed E-state index contributed by atoms with van der Waals surface area (Å²) in [5.74, 6) is -0.339. The van der Waals surface area contributed by atoms with E-state index < -0.39 is 0 Å². The van der Waals surface area contributed by atoms with Gasteiger partial charge >= 0.3 is 0 Å². The maximum Gasteiger partial charge on any atom is 0.142 e. The Kier molecular flexibility index (Phi) is 3.98. The Bertz CT molecular complexity index is 431. The zero-order valence-corrected chi connectivity index (χ0v) is 12.0. The monoisotopic (exact) mass is 269 g/mol. The molecule has 0 bridgehead atoms. The number of nitrogens with one attached hydrogen (secondary N) is 1. The van der Waals surface area contributed by atoms with Crippen molar-refractivity contribution in [3.05, 3.63) is 34.6 Å². The lowest BCUT2D eigenvalue weighted by Crippen LogP contribution is -2.39. The first-order valence-electron chi connectivity index (χ1n) is 6.61. The molecule has 1 aromatic rings. The van der Waals surface area contributed by atoms with Crippen molar-refractivity contribution in [2.24, 2.45) is 5.41 Å². The fourth-order valence-corrected chi connectivity index (χ4v) is 2.93. The minimum absolute atomic E-state index is 0.152. The van der Waals surface area contributed by atoms with Crippen LogP contribution in [0.3, 0.4) is 0 Å². The summed E-state index contributed by atoms with van der Waals surface area (Å²) >= 11 is 5.71. The highest BCUT2D eigenvalue weighted by Gasteiger charge is 2.34. The van der Waals surface area contributed by atoms with Crippen molar-refractivity contribution in [3.8, 4) is 0 Å². The first-order valence-corrected chi connectivity index (χ1v) is 6.99. The van der Waals surface area contributed by atoms with Gasteiger partial charge in [0.25, 0.3) is 0 Å². The molecule has 2 rings (SSSR count). The third-order valence-corrected chi connectivity index (χ3v) is 4.46. The third kappa shape index (κ3) is 2.86. The summed E-state index contributed by atoms with van der Waals surface area (Å²) in [5, 5.41) is 3.81. The normalized spacial score (nSPS) is 24.2. The maximum absolute atomic E-state index is 13.4. The van der Waals surface area contributed by atoms with Crippen LogP contribution in [0.4, 0.5) is 4.39 Å². The largest absolute Gasteiger partial charge is 0.307 e. The molecule has 1 fully saturated rings. The van der Waals surface area contributed by atoms with Crippen LogP contribution in [0.1, 0.15) is 51.6 Å². The number of hydrogen-bond acceptors (Lipinski definition) is 1. The first-order chi connectivity index (χ1) is 8.40. The van der Waals surface area contributed by atoms with Gasteiger partial charge in [-0.05, 0) is 42.9 Å². The Morgan fingerprint density at radius 2 is 2.17 bits per heavy atom. The van der Waals surface area contributed by atoms with Crippen molar-refractivity contribution in [3.63, 3.8) is 0 Å². The predicted molar refractivity (Wildman–Crippen MR) is 74.4 cm³/mol. The molecule has 1 aliphatic rings. The van der Waals surface area contributed by atoms with E-state index in [9.17, 15) is 4.39 Å². The fraction of sp³-hybridized carbons (Fsp3) is 0.600. The summed E-state index contributed by atoms with van der Waals surface area (Å²) in [4.78, 5) is 0. The van der Waals surface area contributed by atoms with E-state index in [2.05, 4.69) is 26.1 Å². The quantitative estimate of drug-likeness (QED) is 0.838. The summed E-state index contributed by atoms with van der Waals surface area (Å²) in [6, 6.07) is 5.71. The second kappa shape index (κ2) is 5.18. The Hall–Kier alpha value is -0.600. The van der Waals surface area contributed by atoms with Gasteiger partial charge in [0.05, 0.1) is 5.02 Å². The van der Waals surface area contributed by atoms with Gasteiger partial charge in [-0.3, -0.25) is 0 Å². The van der Waals surface area contributed by atoms with Crippen molar-refractivity contribution in [2.45, 2.75) is 52.1 Å². The average Bonchev–Trinajstić information content (AvgIpc) is 2.62. The van der Waals surface area contributed by atoms with Crippen LogP contribution in [-0.4, -0.2) is 6.04 Å². The second-order valence-corrected chi connectivity index (χ2v) is 6.40. The van der Waals surface area contributed by atoms with E-state index in [1.807, 2.05) is 6.07 Å². The Balaban J connectivity index is 2.07. The van der Waals surface area contributed by atoms with Crippen LogP contribution in [0.5, 0.6) is 0 Å². The molecule has 0 radical (unpaired) electrons. The van der Waals surface area contributed by atoms with E-state index in [0.29, 0.717) is 11.5 Å². The number of halogens is 2. The molecule has 2 unspecified atom stereocenters. The van der Waals surface area contributed by atoms with Crippen LogP contribution in [-0.2, 0) is 0 Å².